The lowest BCUT2D eigenvalue weighted by atomic mass is 10.1. The van der Waals surface area contributed by atoms with Crippen LogP contribution in [0.4, 0.5) is 11.5 Å². The molecule has 0 radical (unpaired) electrons. The number of pyridine rings is 1. The van der Waals surface area contributed by atoms with Crippen LogP contribution in [0.3, 0.4) is 0 Å². The molecule has 2 aromatic heterocycles. The van der Waals surface area contributed by atoms with Gasteiger partial charge in [0, 0.05) is 18.8 Å². The van der Waals surface area contributed by atoms with Crippen LogP contribution < -0.4 is 11.1 Å². The average Bonchev–Trinajstić information content (AvgIpc) is 3.14. The molecule has 2 aromatic rings. The zero-order valence-corrected chi connectivity index (χ0v) is 13.1. The number of rotatable bonds is 4. The van der Waals surface area contributed by atoms with E-state index in [9.17, 15) is 0 Å². The molecule has 22 heavy (non-hydrogen) atoms. The molecule has 5 heteroatoms. The molecule has 0 atom stereocenters. The maximum Gasteiger partial charge on any atom is 0.172 e. The molecule has 118 valence electrons. The molecule has 1 fully saturated rings. The highest BCUT2D eigenvalue weighted by Crippen LogP contribution is 2.29. The molecule has 4 rings (SSSR count). The van der Waals surface area contributed by atoms with E-state index in [-0.39, 0.29) is 0 Å². The SMILES string of the molecule is Nc1c(NCCN2CCCCC2)nn2c3c(ccc12)CCC3. The van der Waals surface area contributed by atoms with E-state index in [0.29, 0.717) is 0 Å². The summed E-state index contributed by atoms with van der Waals surface area (Å²) in [6.45, 7) is 4.45. The predicted octanol–water partition coefficient (Wildman–Crippen LogP) is 2.30. The lowest BCUT2D eigenvalue weighted by molar-refractivity contribution is 0.237. The third-order valence-corrected chi connectivity index (χ3v) is 5.06. The van der Waals surface area contributed by atoms with Gasteiger partial charge >= 0.3 is 0 Å². The number of hydrogen-bond donors (Lipinski definition) is 2. The van der Waals surface area contributed by atoms with Gasteiger partial charge in [-0.1, -0.05) is 12.5 Å². The van der Waals surface area contributed by atoms with Gasteiger partial charge in [0.2, 0.25) is 0 Å². The number of anilines is 2. The molecule has 3 N–H and O–H groups in total. The van der Waals surface area contributed by atoms with E-state index in [1.54, 1.807) is 0 Å². The summed E-state index contributed by atoms with van der Waals surface area (Å²) in [4.78, 5) is 2.53. The normalized spacial score (nSPS) is 18.7. The van der Waals surface area contributed by atoms with E-state index >= 15 is 0 Å². The van der Waals surface area contributed by atoms with Gasteiger partial charge in [-0.25, -0.2) is 4.52 Å². The Labute approximate surface area is 131 Å². The number of nitrogen functional groups attached to an aromatic ring is 1. The van der Waals surface area contributed by atoms with Crippen molar-refractivity contribution in [1.82, 2.24) is 14.5 Å². The van der Waals surface area contributed by atoms with Gasteiger partial charge in [-0.3, -0.25) is 0 Å². The Morgan fingerprint density at radius 2 is 1.95 bits per heavy atom. The van der Waals surface area contributed by atoms with Crippen LogP contribution in [0.2, 0.25) is 0 Å². The quantitative estimate of drug-likeness (QED) is 0.909. The Balaban J connectivity index is 1.48. The second-order valence-electron chi connectivity index (χ2n) is 6.55. The van der Waals surface area contributed by atoms with Gasteiger partial charge in [-0.15, -0.1) is 5.10 Å². The van der Waals surface area contributed by atoms with Crippen LogP contribution in [0, 0.1) is 0 Å². The van der Waals surface area contributed by atoms with Crippen molar-refractivity contribution in [2.75, 3.05) is 37.2 Å². The highest BCUT2D eigenvalue weighted by Gasteiger charge is 2.18. The molecule has 0 aromatic carbocycles. The largest absolute Gasteiger partial charge is 0.394 e. The summed E-state index contributed by atoms with van der Waals surface area (Å²) in [5, 5.41) is 8.17. The fourth-order valence-electron chi connectivity index (χ4n) is 3.81. The molecule has 1 aliphatic heterocycles. The van der Waals surface area contributed by atoms with Gasteiger partial charge in [-0.2, -0.15) is 0 Å². The van der Waals surface area contributed by atoms with Crippen molar-refractivity contribution in [2.24, 2.45) is 0 Å². The van der Waals surface area contributed by atoms with E-state index in [2.05, 4.69) is 26.9 Å². The molecule has 0 bridgehead atoms. The molecular formula is C17H25N5. The maximum atomic E-state index is 6.29. The number of likely N-dealkylation sites (tertiary alicyclic amines) is 1. The molecule has 1 saturated heterocycles. The molecule has 2 aliphatic rings. The van der Waals surface area contributed by atoms with Crippen LogP contribution in [-0.2, 0) is 12.8 Å². The Hall–Kier alpha value is -1.75. The summed E-state index contributed by atoms with van der Waals surface area (Å²) in [5.41, 5.74) is 10.9. The summed E-state index contributed by atoms with van der Waals surface area (Å²) >= 11 is 0. The minimum absolute atomic E-state index is 0.786. The number of nitrogens with zero attached hydrogens (tertiary/aromatic N) is 3. The van der Waals surface area contributed by atoms with Crippen LogP contribution >= 0.6 is 0 Å². The summed E-state index contributed by atoms with van der Waals surface area (Å²) in [6.07, 6.45) is 7.56. The fraction of sp³-hybridized carbons (Fsp3) is 0.588. The Kier molecular flexibility index (Phi) is 3.66. The van der Waals surface area contributed by atoms with Crippen molar-refractivity contribution in [3.8, 4) is 0 Å². The monoisotopic (exact) mass is 299 g/mol. The Bertz CT molecular complexity index is 669. The number of nitrogens with two attached hydrogens (primary N) is 1. The standard InChI is InChI=1S/C17H25N5/c18-16-15-8-7-13-5-4-6-14(13)22(15)20-17(16)19-9-12-21-10-2-1-3-11-21/h7-8H,1-6,9-12,18H2,(H,19,20). The average molecular weight is 299 g/mol. The zero-order chi connectivity index (χ0) is 14.9. The molecular weight excluding hydrogens is 274 g/mol. The fourth-order valence-corrected chi connectivity index (χ4v) is 3.81. The van der Waals surface area contributed by atoms with Gasteiger partial charge < -0.3 is 16.0 Å². The van der Waals surface area contributed by atoms with Gasteiger partial charge in [0.05, 0.1) is 5.52 Å². The molecule has 0 amide bonds. The van der Waals surface area contributed by atoms with E-state index in [4.69, 9.17) is 10.8 Å². The molecule has 0 unspecified atom stereocenters. The number of aromatic nitrogens is 2. The summed E-state index contributed by atoms with van der Waals surface area (Å²) in [5.74, 6) is 0.845. The van der Waals surface area contributed by atoms with Gasteiger partial charge in [0.1, 0.15) is 5.69 Å². The van der Waals surface area contributed by atoms with Crippen molar-refractivity contribution < 1.29 is 0 Å². The van der Waals surface area contributed by atoms with Crippen molar-refractivity contribution in [1.29, 1.82) is 0 Å². The lowest BCUT2D eigenvalue weighted by Crippen LogP contribution is -2.33. The highest BCUT2D eigenvalue weighted by atomic mass is 15.3. The Morgan fingerprint density at radius 3 is 2.82 bits per heavy atom. The summed E-state index contributed by atoms with van der Waals surface area (Å²) < 4.78 is 2.06. The van der Waals surface area contributed by atoms with E-state index < -0.39 is 0 Å². The van der Waals surface area contributed by atoms with Gasteiger partial charge in [0.25, 0.3) is 0 Å². The van der Waals surface area contributed by atoms with Crippen LogP contribution in [0.25, 0.3) is 5.52 Å². The summed E-state index contributed by atoms with van der Waals surface area (Å²) in [6, 6.07) is 4.33. The number of fused-ring (bicyclic) bond motifs is 3. The third kappa shape index (κ3) is 2.43. The van der Waals surface area contributed by atoms with Crippen LogP contribution in [0.5, 0.6) is 0 Å². The molecule has 0 saturated carbocycles. The highest BCUT2D eigenvalue weighted by molar-refractivity contribution is 5.81. The molecule has 1 aliphatic carbocycles. The molecule has 5 nitrogen and oxygen atoms in total. The van der Waals surface area contributed by atoms with Crippen molar-refractivity contribution in [2.45, 2.75) is 38.5 Å². The minimum Gasteiger partial charge on any atom is -0.394 e. The number of nitrogens with one attached hydrogen (secondary N) is 1. The predicted molar refractivity (Wildman–Crippen MR) is 90.4 cm³/mol. The van der Waals surface area contributed by atoms with Crippen LogP contribution in [0.15, 0.2) is 12.1 Å². The first-order chi connectivity index (χ1) is 10.8. The topological polar surface area (TPSA) is 58.6 Å². The zero-order valence-electron chi connectivity index (χ0n) is 13.1. The van der Waals surface area contributed by atoms with E-state index in [1.165, 1.54) is 56.5 Å². The Morgan fingerprint density at radius 1 is 1.09 bits per heavy atom. The number of aryl methyl sites for hydroxylation is 2. The maximum absolute atomic E-state index is 6.29. The smallest absolute Gasteiger partial charge is 0.172 e. The van der Waals surface area contributed by atoms with Gasteiger partial charge in [0.15, 0.2) is 5.82 Å². The summed E-state index contributed by atoms with van der Waals surface area (Å²) in [7, 11) is 0. The van der Waals surface area contributed by atoms with Crippen LogP contribution in [0.1, 0.15) is 36.9 Å². The number of hydrogen-bond acceptors (Lipinski definition) is 4. The third-order valence-electron chi connectivity index (χ3n) is 5.06. The second kappa shape index (κ2) is 5.80. The van der Waals surface area contributed by atoms with Crippen molar-refractivity contribution in [3.63, 3.8) is 0 Å². The molecule has 3 heterocycles. The first kappa shape index (κ1) is 13.9. The first-order valence-corrected chi connectivity index (χ1v) is 8.58. The van der Waals surface area contributed by atoms with Crippen molar-refractivity contribution >= 4 is 17.0 Å². The van der Waals surface area contributed by atoms with Gasteiger partial charge in [-0.05, 0) is 56.8 Å². The lowest BCUT2D eigenvalue weighted by Gasteiger charge is -2.26. The first-order valence-electron chi connectivity index (χ1n) is 8.58. The molecule has 0 spiro atoms. The minimum atomic E-state index is 0.786. The van der Waals surface area contributed by atoms with E-state index in [1.807, 2.05) is 0 Å². The van der Waals surface area contributed by atoms with Crippen LogP contribution in [-0.4, -0.2) is 40.7 Å². The van der Waals surface area contributed by atoms with Crippen molar-refractivity contribution in [3.05, 3.63) is 23.4 Å². The second-order valence-corrected chi connectivity index (χ2v) is 6.55. The van der Waals surface area contributed by atoms with E-state index in [0.717, 1.165) is 36.5 Å². The number of piperidine rings is 1.